The Kier molecular flexibility index (Phi) is 8.79. The molecular formula is C27H39N4O4+. The summed E-state index contributed by atoms with van der Waals surface area (Å²) in [7, 11) is 2.10. The number of fused-ring (bicyclic) bond motifs is 1. The van der Waals surface area contributed by atoms with E-state index in [4.69, 9.17) is 9.47 Å². The molecule has 8 nitrogen and oxygen atoms in total. The number of ketones is 1. The van der Waals surface area contributed by atoms with Crippen LogP contribution in [0.15, 0.2) is 24.4 Å². The molecule has 0 saturated carbocycles. The predicted molar refractivity (Wildman–Crippen MR) is 133 cm³/mol. The van der Waals surface area contributed by atoms with Crippen molar-refractivity contribution in [3.8, 4) is 22.8 Å². The average Bonchev–Trinajstić information content (AvgIpc) is 3.38. The van der Waals surface area contributed by atoms with Crippen LogP contribution in [0, 0.1) is 5.92 Å². The van der Waals surface area contributed by atoms with Gasteiger partial charge in [-0.25, -0.2) is 9.97 Å². The summed E-state index contributed by atoms with van der Waals surface area (Å²) in [6.45, 7) is 4.94. The number of rotatable bonds is 11. The summed E-state index contributed by atoms with van der Waals surface area (Å²) >= 11 is 0. The van der Waals surface area contributed by atoms with Crippen molar-refractivity contribution in [3.63, 3.8) is 0 Å². The number of piperidine rings is 1. The van der Waals surface area contributed by atoms with Gasteiger partial charge in [-0.15, -0.1) is 0 Å². The van der Waals surface area contributed by atoms with Gasteiger partial charge in [0.15, 0.2) is 17.2 Å². The van der Waals surface area contributed by atoms with Crippen LogP contribution in [0.4, 0.5) is 0 Å². The first-order chi connectivity index (χ1) is 17.0. The molecule has 1 fully saturated rings. The molecule has 1 aromatic carbocycles. The molecule has 1 amide bonds. The first kappa shape index (κ1) is 25.2. The van der Waals surface area contributed by atoms with Crippen LogP contribution in [0.3, 0.4) is 0 Å². The van der Waals surface area contributed by atoms with E-state index in [9.17, 15) is 9.59 Å². The minimum absolute atomic E-state index is 0.0584. The van der Waals surface area contributed by atoms with Gasteiger partial charge in [0.2, 0.25) is 5.91 Å². The fourth-order valence-corrected chi connectivity index (χ4v) is 4.79. The zero-order valence-corrected chi connectivity index (χ0v) is 21.0. The molecule has 1 atom stereocenters. The molecule has 0 spiro atoms. The molecule has 3 N–H and O–H groups in total. The lowest BCUT2D eigenvalue weighted by atomic mass is 9.95. The van der Waals surface area contributed by atoms with Gasteiger partial charge in [-0.3, -0.25) is 9.59 Å². The largest absolute Gasteiger partial charge is 0.486 e. The van der Waals surface area contributed by atoms with Crippen molar-refractivity contribution in [2.45, 2.75) is 64.3 Å². The number of imidazole rings is 1. The number of hydrogen-bond acceptors (Lipinski definition) is 5. The highest BCUT2D eigenvalue weighted by molar-refractivity contribution is 5.79. The topological polar surface area (TPSA) is 97.8 Å². The molecule has 0 aliphatic carbocycles. The highest BCUT2D eigenvalue weighted by Crippen LogP contribution is 2.34. The Morgan fingerprint density at radius 1 is 1.14 bits per heavy atom. The number of ether oxygens (including phenoxy) is 2. The molecule has 2 aliphatic heterocycles. The Labute approximate surface area is 207 Å². The summed E-state index contributed by atoms with van der Waals surface area (Å²) in [4.78, 5) is 33.9. The zero-order chi connectivity index (χ0) is 24.6. The third kappa shape index (κ3) is 6.84. The monoisotopic (exact) mass is 483 g/mol. The number of amides is 1. The molecule has 1 saturated heterocycles. The van der Waals surface area contributed by atoms with Gasteiger partial charge in [-0.1, -0.05) is 19.8 Å². The second kappa shape index (κ2) is 12.2. The standard InChI is InChI=1S/C27H38N4O4/c1-3-21(32)7-5-4-6-8-22(30-27(33)19-11-13-31(2)14-12-19)26-28-18-23(29-26)20-9-10-24-25(17-20)35-16-15-34-24/h9-10,17-19,22H,3-8,11-16H2,1-2H3,(H,28,29)(H,30,33)/p+1/t22-/m0/s1. The van der Waals surface area contributed by atoms with Crippen molar-refractivity contribution in [1.29, 1.82) is 0 Å². The number of aromatic amines is 2. The Hall–Kier alpha value is -2.87. The average molecular weight is 484 g/mol. The number of Topliss-reactive ketones (excluding diaryl/α,β-unsaturated/α-hetero) is 1. The number of carbonyl (C=O) groups is 2. The molecule has 2 aliphatic rings. The summed E-state index contributed by atoms with van der Waals surface area (Å²) in [5.74, 6) is 2.91. The number of H-pyrrole nitrogens is 2. The molecule has 0 radical (unpaired) electrons. The predicted octanol–water partition coefficient (Wildman–Crippen LogP) is 3.70. The number of carbonyl (C=O) groups excluding carboxylic acids is 2. The van der Waals surface area contributed by atoms with E-state index < -0.39 is 0 Å². The molecule has 190 valence electrons. The van der Waals surface area contributed by atoms with Gasteiger partial charge >= 0.3 is 0 Å². The molecule has 35 heavy (non-hydrogen) atoms. The van der Waals surface area contributed by atoms with E-state index in [1.54, 1.807) is 0 Å². The van der Waals surface area contributed by atoms with Crippen molar-refractivity contribution in [2.75, 3.05) is 33.4 Å². The van der Waals surface area contributed by atoms with Crippen LogP contribution in [-0.4, -0.2) is 54.9 Å². The van der Waals surface area contributed by atoms with Crippen molar-refractivity contribution in [2.24, 2.45) is 5.92 Å². The van der Waals surface area contributed by atoms with Crippen molar-refractivity contribution in [1.82, 2.24) is 15.2 Å². The van der Waals surface area contributed by atoms with Crippen LogP contribution in [0.25, 0.3) is 11.3 Å². The van der Waals surface area contributed by atoms with Crippen LogP contribution in [-0.2, 0) is 9.59 Å². The summed E-state index contributed by atoms with van der Waals surface area (Å²) < 4.78 is 11.4. The quantitative estimate of drug-likeness (QED) is 0.475. The maximum Gasteiger partial charge on any atom is 0.275 e. The molecule has 0 unspecified atom stereocenters. The number of nitrogens with zero attached hydrogens (tertiary/aromatic N) is 1. The molecule has 4 rings (SSSR count). The minimum Gasteiger partial charge on any atom is -0.486 e. The first-order valence-corrected chi connectivity index (χ1v) is 13.0. The van der Waals surface area contributed by atoms with Crippen LogP contribution in [0.5, 0.6) is 11.5 Å². The Morgan fingerprint density at radius 2 is 1.91 bits per heavy atom. The number of nitrogens with one attached hydrogen (secondary N) is 3. The fraction of sp³-hybridized carbons (Fsp3) is 0.593. The summed E-state index contributed by atoms with van der Waals surface area (Å²) in [6.07, 6.45) is 8.62. The van der Waals surface area contributed by atoms with Gasteiger partial charge in [0.1, 0.15) is 31.2 Å². The van der Waals surface area contributed by atoms with Crippen LogP contribution in [0.1, 0.15) is 70.2 Å². The molecule has 3 heterocycles. The van der Waals surface area contributed by atoms with Crippen LogP contribution >= 0.6 is 0 Å². The van der Waals surface area contributed by atoms with E-state index in [1.165, 1.54) is 0 Å². The number of hydrogen-bond donors (Lipinski definition) is 2. The van der Waals surface area contributed by atoms with E-state index in [0.29, 0.717) is 31.8 Å². The molecule has 8 heteroatoms. The number of unbranched alkanes of at least 4 members (excludes halogenated alkanes) is 2. The summed E-state index contributed by atoms with van der Waals surface area (Å²) in [6, 6.07) is 5.79. The number of likely N-dealkylation sites (tertiary alicyclic amines) is 1. The second-order valence-electron chi connectivity index (χ2n) is 9.73. The molecule has 0 bridgehead atoms. The van der Waals surface area contributed by atoms with Gasteiger partial charge in [-0.05, 0) is 64.0 Å². The van der Waals surface area contributed by atoms with Gasteiger partial charge < -0.3 is 19.7 Å². The van der Waals surface area contributed by atoms with Crippen molar-refractivity contribution >= 4 is 11.7 Å². The maximum atomic E-state index is 13.1. The molecule has 1 aromatic heterocycles. The fourth-order valence-electron chi connectivity index (χ4n) is 4.79. The summed E-state index contributed by atoms with van der Waals surface area (Å²) in [5.41, 5.74) is 1.93. The third-order valence-electron chi connectivity index (χ3n) is 7.09. The van der Waals surface area contributed by atoms with Crippen molar-refractivity contribution in [3.05, 3.63) is 30.2 Å². The lowest BCUT2D eigenvalue weighted by Crippen LogP contribution is -2.41. The Balaban J connectivity index is 1.43. The van der Waals surface area contributed by atoms with E-state index in [-0.39, 0.29) is 17.9 Å². The van der Waals surface area contributed by atoms with E-state index in [1.807, 2.05) is 31.3 Å². The summed E-state index contributed by atoms with van der Waals surface area (Å²) in [5, 5.41) is 3.31. The van der Waals surface area contributed by atoms with Gasteiger partial charge in [0.25, 0.3) is 5.82 Å². The van der Waals surface area contributed by atoms with Crippen LogP contribution < -0.4 is 19.8 Å². The smallest absolute Gasteiger partial charge is 0.275 e. The van der Waals surface area contributed by atoms with Gasteiger partial charge in [0.05, 0.1) is 0 Å². The van der Waals surface area contributed by atoms with E-state index in [0.717, 1.165) is 80.2 Å². The normalized spacial score (nSPS) is 17.2. The first-order valence-electron chi connectivity index (χ1n) is 13.0. The SMILES string of the molecule is CCC(=O)CCCCC[C@H](NC(=O)C1CCN(C)CC1)c1[nH]c(-c2ccc3c(c2)OCCO3)c[nH+]1. The Bertz CT molecular complexity index is 997. The minimum atomic E-state index is -0.130. The molecular weight excluding hydrogens is 444 g/mol. The highest BCUT2D eigenvalue weighted by atomic mass is 16.6. The van der Waals surface area contributed by atoms with Gasteiger partial charge in [-0.2, -0.15) is 0 Å². The van der Waals surface area contributed by atoms with E-state index >= 15 is 0 Å². The highest BCUT2D eigenvalue weighted by Gasteiger charge is 2.29. The number of aromatic nitrogens is 2. The molecule has 2 aromatic rings. The van der Waals surface area contributed by atoms with Crippen LogP contribution in [0.2, 0.25) is 0 Å². The number of benzene rings is 1. The maximum absolute atomic E-state index is 13.1. The van der Waals surface area contributed by atoms with E-state index in [2.05, 4.69) is 27.2 Å². The lowest BCUT2D eigenvalue weighted by Gasteiger charge is -2.28. The Morgan fingerprint density at radius 3 is 2.69 bits per heavy atom. The lowest BCUT2D eigenvalue weighted by molar-refractivity contribution is -0.391. The zero-order valence-electron chi connectivity index (χ0n) is 21.0. The second-order valence-corrected chi connectivity index (χ2v) is 9.73. The van der Waals surface area contributed by atoms with Gasteiger partial charge in [0, 0.05) is 24.3 Å². The van der Waals surface area contributed by atoms with Crippen molar-refractivity contribution < 1.29 is 24.0 Å². The third-order valence-corrected chi connectivity index (χ3v) is 7.09.